The van der Waals surface area contributed by atoms with Gasteiger partial charge < -0.3 is 10.1 Å². The van der Waals surface area contributed by atoms with E-state index in [1.54, 1.807) is 0 Å². The average molecular weight is 421 g/mol. The predicted molar refractivity (Wildman–Crippen MR) is 115 cm³/mol. The van der Waals surface area contributed by atoms with Crippen molar-refractivity contribution in [3.05, 3.63) is 105 Å². The molecule has 0 fully saturated rings. The van der Waals surface area contributed by atoms with E-state index >= 15 is 0 Å². The van der Waals surface area contributed by atoms with Crippen LogP contribution in [0.1, 0.15) is 11.1 Å². The Morgan fingerprint density at radius 1 is 0.871 bits per heavy atom. The number of benzene rings is 2. The van der Waals surface area contributed by atoms with Gasteiger partial charge in [0.15, 0.2) is 6.61 Å². The number of aromatic nitrogens is 2. The van der Waals surface area contributed by atoms with Gasteiger partial charge in [-0.3, -0.25) is 19.0 Å². The Hall–Kier alpha value is -3.94. The minimum absolute atomic E-state index is 0.263. The molecule has 31 heavy (non-hydrogen) atoms. The van der Waals surface area contributed by atoms with Crippen LogP contribution in [0.3, 0.4) is 0 Å². The largest absolute Gasteiger partial charge is 0.454 e. The van der Waals surface area contributed by atoms with Crippen molar-refractivity contribution in [3.8, 4) is 0 Å². The molecular formula is C23H23N3O5. The molecule has 0 unspecified atom stereocenters. The number of hydrogen-bond acceptors (Lipinski definition) is 5. The molecule has 1 N–H and O–H groups in total. The Morgan fingerprint density at radius 2 is 1.52 bits per heavy atom. The van der Waals surface area contributed by atoms with E-state index in [1.807, 2.05) is 60.7 Å². The van der Waals surface area contributed by atoms with Crippen molar-refractivity contribution < 1.29 is 14.3 Å². The lowest BCUT2D eigenvalue weighted by Crippen LogP contribution is -2.41. The SMILES string of the molecule is O=C(COC(=O)Cn1c(=O)ccn(Cc2ccccc2)c1=O)NCCc1ccccc1. The molecule has 0 aliphatic heterocycles. The standard InChI is InChI=1S/C23H23N3O5/c27-20(24-13-11-18-7-3-1-4-8-18)17-31-22(29)16-26-21(28)12-14-25(23(26)30)15-19-9-5-2-6-10-19/h1-10,12,14H,11,13,15-17H2,(H,24,27). The molecule has 3 rings (SSSR count). The highest BCUT2D eigenvalue weighted by atomic mass is 16.5. The molecule has 2 aromatic carbocycles. The average Bonchev–Trinajstić information content (AvgIpc) is 2.78. The summed E-state index contributed by atoms with van der Waals surface area (Å²) >= 11 is 0. The molecule has 8 nitrogen and oxygen atoms in total. The number of hydrogen-bond donors (Lipinski definition) is 1. The smallest absolute Gasteiger partial charge is 0.331 e. The second kappa shape index (κ2) is 10.7. The summed E-state index contributed by atoms with van der Waals surface area (Å²) in [6.07, 6.45) is 2.04. The van der Waals surface area contributed by atoms with Gasteiger partial charge in [-0.1, -0.05) is 60.7 Å². The van der Waals surface area contributed by atoms with Gasteiger partial charge in [-0.25, -0.2) is 9.36 Å². The molecule has 1 aromatic heterocycles. The van der Waals surface area contributed by atoms with Crippen molar-refractivity contribution in [2.45, 2.75) is 19.5 Å². The van der Waals surface area contributed by atoms with Crippen LogP contribution in [0.5, 0.6) is 0 Å². The summed E-state index contributed by atoms with van der Waals surface area (Å²) in [6, 6.07) is 20.1. The Labute approximate surface area is 178 Å². The lowest BCUT2D eigenvalue weighted by molar-refractivity contribution is -0.149. The predicted octanol–water partition coefficient (Wildman–Crippen LogP) is 0.960. The zero-order valence-corrected chi connectivity index (χ0v) is 16.9. The van der Waals surface area contributed by atoms with E-state index in [1.165, 1.54) is 16.8 Å². The summed E-state index contributed by atoms with van der Waals surface area (Å²) in [5.41, 5.74) is 0.721. The summed E-state index contributed by atoms with van der Waals surface area (Å²) in [4.78, 5) is 48.6. The Kier molecular flexibility index (Phi) is 7.53. The fourth-order valence-electron chi connectivity index (χ4n) is 2.97. The molecule has 1 heterocycles. The van der Waals surface area contributed by atoms with Crippen LogP contribution >= 0.6 is 0 Å². The maximum absolute atomic E-state index is 12.6. The highest BCUT2D eigenvalue weighted by Crippen LogP contribution is 2.00. The zero-order valence-electron chi connectivity index (χ0n) is 16.9. The highest BCUT2D eigenvalue weighted by molar-refractivity contribution is 5.80. The fourth-order valence-corrected chi connectivity index (χ4v) is 2.97. The monoisotopic (exact) mass is 421 g/mol. The molecular weight excluding hydrogens is 398 g/mol. The summed E-state index contributed by atoms with van der Waals surface area (Å²) in [5.74, 6) is -1.29. The Balaban J connectivity index is 1.51. The molecule has 8 heteroatoms. The summed E-state index contributed by atoms with van der Waals surface area (Å²) in [6.45, 7) is -0.375. The lowest BCUT2D eigenvalue weighted by Gasteiger charge is -2.10. The summed E-state index contributed by atoms with van der Waals surface area (Å²) in [5, 5.41) is 2.66. The topological polar surface area (TPSA) is 99.4 Å². The zero-order chi connectivity index (χ0) is 22.1. The molecule has 0 aliphatic carbocycles. The molecule has 0 saturated carbocycles. The number of carbonyl (C=O) groups excluding carboxylic acids is 2. The van der Waals surface area contributed by atoms with E-state index in [2.05, 4.69) is 5.32 Å². The van der Waals surface area contributed by atoms with Gasteiger partial charge >= 0.3 is 11.7 Å². The van der Waals surface area contributed by atoms with Gasteiger partial charge in [0.2, 0.25) is 0 Å². The van der Waals surface area contributed by atoms with Crippen molar-refractivity contribution in [1.82, 2.24) is 14.5 Å². The fraction of sp³-hybridized carbons (Fsp3) is 0.217. The van der Waals surface area contributed by atoms with Crippen LogP contribution < -0.4 is 16.6 Å². The molecule has 0 bridgehead atoms. The van der Waals surface area contributed by atoms with Gasteiger partial charge in [0.1, 0.15) is 6.54 Å². The molecule has 0 atom stereocenters. The first kappa shape index (κ1) is 21.8. The van der Waals surface area contributed by atoms with Crippen molar-refractivity contribution >= 4 is 11.9 Å². The van der Waals surface area contributed by atoms with Gasteiger partial charge in [0.25, 0.3) is 11.5 Å². The number of carbonyl (C=O) groups is 2. The van der Waals surface area contributed by atoms with E-state index in [4.69, 9.17) is 4.74 Å². The van der Waals surface area contributed by atoms with Gasteiger partial charge in [-0.15, -0.1) is 0 Å². The normalized spacial score (nSPS) is 10.5. The maximum atomic E-state index is 12.6. The van der Waals surface area contributed by atoms with Crippen LogP contribution in [0.4, 0.5) is 0 Å². The molecule has 0 saturated heterocycles. The molecule has 3 aromatic rings. The van der Waals surface area contributed by atoms with Gasteiger partial charge in [-0.2, -0.15) is 0 Å². The Bertz CT molecular complexity index is 1140. The third-order valence-electron chi connectivity index (χ3n) is 4.57. The van der Waals surface area contributed by atoms with Crippen LogP contribution in [-0.2, 0) is 33.8 Å². The van der Waals surface area contributed by atoms with Gasteiger partial charge in [0, 0.05) is 18.8 Å². The first-order valence-corrected chi connectivity index (χ1v) is 9.83. The lowest BCUT2D eigenvalue weighted by atomic mass is 10.1. The van der Waals surface area contributed by atoms with Crippen LogP contribution in [0.15, 0.2) is 82.5 Å². The van der Waals surface area contributed by atoms with Crippen molar-refractivity contribution in [2.24, 2.45) is 0 Å². The second-order valence-electron chi connectivity index (χ2n) is 6.88. The Morgan fingerprint density at radius 3 is 2.19 bits per heavy atom. The highest BCUT2D eigenvalue weighted by Gasteiger charge is 2.13. The van der Waals surface area contributed by atoms with Crippen molar-refractivity contribution in [3.63, 3.8) is 0 Å². The van der Waals surface area contributed by atoms with Gasteiger partial charge in [0.05, 0.1) is 6.54 Å². The second-order valence-corrected chi connectivity index (χ2v) is 6.88. The third-order valence-corrected chi connectivity index (χ3v) is 4.57. The number of nitrogens with one attached hydrogen (secondary N) is 1. The number of amides is 1. The van der Waals surface area contributed by atoms with Crippen LogP contribution in [-0.4, -0.2) is 34.2 Å². The molecule has 160 valence electrons. The van der Waals surface area contributed by atoms with Crippen LogP contribution in [0.25, 0.3) is 0 Å². The van der Waals surface area contributed by atoms with Gasteiger partial charge in [-0.05, 0) is 17.5 Å². The van der Waals surface area contributed by atoms with Crippen LogP contribution in [0, 0.1) is 0 Å². The number of esters is 1. The molecule has 0 aliphatic rings. The van der Waals surface area contributed by atoms with E-state index < -0.39 is 36.3 Å². The quantitative estimate of drug-likeness (QED) is 0.519. The summed E-state index contributed by atoms with van der Waals surface area (Å²) < 4.78 is 7.04. The minimum Gasteiger partial charge on any atom is -0.454 e. The first-order chi connectivity index (χ1) is 15.0. The van der Waals surface area contributed by atoms with E-state index in [0.29, 0.717) is 13.0 Å². The maximum Gasteiger partial charge on any atom is 0.331 e. The molecule has 0 spiro atoms. The first-order valence-electron chi connectivity index (χ1n) is 9.83. The van der Waals surface area contributed by atoms with Crippen molar-refractivity contribution in [1.29, 1.82) is 0 Å². The number of ether oxygens (including phenoxy) is 1. The number of rotatable bonds is 9. The molecule has 0 radical (unpaired) electrons. The van der Waals surface area contributed by atoms with E-state index in [0.717, 1.165) is 15.7 Å². The van der Waals surface area contributed by atoms with E-state index in [-0.39, 0.29) is 6.54 Å². The third kappa shape index (κ3) is 6.53. The van der Waals surface area contributed by atoms with Crippen molar-refractivity contribution in [2.75, 3.05) is 13.2 Å². The summed E-state index contributed by atoms with van der Waals surface area (Å²) in [7, 11) is 0. The number of nitrogens with zero attached hydrogens (tertiary/aromatic N) is 2. The van der Waals surface area contributed by atoms with E-state index in [9.17, 15) is 19.2 Å². The van der Waals surface area contributed by atoms with Crippen LogP contribution in [0.2, 0.25) is 0 Å². The minimum atomic E-state index is -0.838. The molecule has 1 amide bonds.